The Morgan fingerprint density at radius 3 is 1.25 bits per heavy atom. The predicted octanol–water partition coefficient (Wildman–Crippen LogP) is -0.126. The van der Waals surface area contributed by atoms with Crippen molar-refractivity contribution in [1.29, 1.82) is 0 Å². The normalized spacial score (nSPS) is 1.50. The van der Waals surface area contributed by atoms with E-state index < -0.39 is 0 Å². The zero-order valence-electron chi connectivity index (χ0n) is 2.10. The van der Waals surface area contributed by atoms with Crippen molar-refractivity contribution < 1.29 is 73.6 Å². The number of hydrogen-bond acceptors (Lipinski definition) is 1. The fourth-order valence-electron chi connectivity index (χ4n) is 0. The molecule has 0 bridgehead atoms. The van der Waals surface area contributed by atoms with Gasteiger partial charge in [0.15, 0.2) is 0 Å². The van der Waals surface area contributed by atoms with Crippen molar-refractivity contribution in [3.05, 3.63) is 0 Å². The third-order valence-electron chi connectivity index (χ3n) is 0. The van der Waals surface area contributed by atoms with Crippen LogP contribution in [0.4, 0.5) is 0 Å². The Morgan fingerprint density at radius 1 is 1.25 bits per heavy atom. The van der Waals surface area contributed by atoms with E-state index in [-0.39, 0.29) is 71.6 Å². The molecular weight excluding hydrogens is 354 g/mol. The molecule has 0 aromatic heterocycles. The molecule has 0 fully saturated rings. The average molecular weight is 354 g/mol. The first-order chi connectivity index (χ1) is 1.00. The molecule has 0 saturated carbocycles. The summed E-state index contributed by atoms with van der Waals surface area (Å²) in [6, 6.07) is 0. The van der Waals surface area contributed by atoms with Crippen LogP contribution in [-0.4, -0.2) is 0 Å². The van der Waals surface area contributed by atoms with Crippen LogP contribution < -0.4 is 0 Å². The second kappa shape index (κ2) is 18.9. The molecule has 0 atom stereocenters. The first kappa shape index (κ1) is 16.4. The topological polar surface area (TPSA) is 17.1 Å². The minimum absolute atomic E-state index is 0. The molecule has 0 aromatic rings. The minimum atomic E-state index is 0. The van der Waals surface area contributed by atoms with E-state index in [0.29, 0.717) is 0 Å². The first-order valence-electron chi connectivity index (χ1n) is 0.236. The number of hydrogen-bond donors (Lipinski definition) is 0. The average Bonchev–Trinajstić information content (AvgIpc) is 1.00. The van der Waals surface area contributed by atoms with Gasteiger partial charge < -0.3 is 0 Å². The van der Waals surface area contributed by atoms with Gasteiger partial charge >= 0.3 is 33.1 Å². The van der Waals surface area contributed by atoms with Crippen LogP contribution in [-0.2, 0) is 73.6 Å². The second-order valence-corrected chi connectivity index (χ2v) is 0. The van der Waals surface area contributed by atoms with E-state index in [1.807, 2.05) is 0 Å². The molecule has 0 heterocycles. The van der Waals surface area contributed by atoms with Crippen molar-refractivity contribution in [3.63, 3.8) is 0 Å². The molecule has 0 radical (unpaired) electrons. The summed E-state index contributed by atoms with van der Waals surface area (Å²) in [4.78, 5) is 0. The van der Waals surface area contributed by atoms with E-state index in [9.17, 15) is 0 Å². The zero-order chi connectivity index (χ0) is 2.00. The summed E-state index contributed by atoms with van der Waals surface area (Å²) in [6.45, 7) is 0. The van der Waals surface area contributed by atoms with Gasteiger partial charge in [0.2, 0.25) is 0 Å². The Bertz CT molecular complexity index is 8.00. The first-order valence-corrected chi connectivity index (χ1v) is 1.39. The van der Waals surface area contributed by atoms with E-state index in [0.717, 1.165) is 0 Å². The Kier molecular flexibility index (Phi) is 77.2. The molecule has 1 nitrogen and oxygen atoms in total. The molecule has 0 spiro atoms. The van der Waals surface area contributed by atoms with Crippen LogP contribution >= 0.6 is 0 Å². The Morgan fingerprint density at radius 2 is 1.25 bits per heavy atom. The predicted molar refractivity (Wildman–Crippen MR) is 0.686 cm³/mol. The van der Waals surface area contributed by atoms with Gasteiger partial charge in [-0.25, -0.2) is 0 Å². The van der Waals surface area contributed by atoms with Crippen LogP contribution in [0.2, 0.25) is 0 Å². The SMILES string of the molecule is [O]=[Y].[W].[Zn]. The van der Waals surface area contributed by atoms with Crippen molar-refractivity contribution in [2.24, 2.45) is 0 Å². The van der Waals surface area contributed by atoms with Crippen molar-refractivity contribution in [2.75, 3.05) is 0 Å². The third kappa shape index (κ3) is 8.88. The molecule has 0 amide bonds. The van der Waals surface area contributed by atoms with Crippen molar-refractivity contribution >= 4 is 0 Å². The maximum atomic E-state index is 8.38. The maximum Gasteiger partial charge on any atom is 0 e. The summed E-state index contributed by atoms with van der Waals surface area (Å²) < 4.78 is 8.38. The van der Waals surface area contributed by atoms with E-state index in [2.05, 4.69) is 0 Å². The summed E-state index contributed by atoms with van der Waals surface area (Å²) >= 11 is 0.100. The molecule has 4 heteroatoms. The van der Waals surface area contributed by atoms with Crippen molar-refractivity contribution in [1.82, 2.24) is 0 Å². The van der Waals surface area contributed by atoms with Crippen LogP contribution in [0.5, 0.6) is 0 Å². The van der Waals surface area contributed by atoms with Gasteiger partial charge in [-0.1, -0.05) is 0 Å². The molecule has 0 aliphatic rings. The molecule has 0 saturated heterocycles. The largest absolute Gasteiger partial charge is 0 e. The summed E-state index contributed by atoms with van der Waals surface area (Å²) in [5.74, 6) is 0. The quantitative estimate of drug-likeness (QED) is 0.555. The zero-order valence-corrected chi connectivity index (χ0v) is 10.8. The fraction of sp³-hybridized carbons (Fsp3) is 0. The second-order valence-electron chi connectivity index (χ2n) is 0. The number of rotatable bonds is 0. The van der Waals surface area contributed by atoms with Gasteiger partial charge in [0.25, 0.3) is 0 Å². The van der Waals surface area contributed by atoms with Crippen LogP contribution in [0, 0.1) is 0 Å². The van der Waals surface area contributed by atoms with Gasteiger partial charge in [0.1, 0.15) is 0 Å². The van der Waals surface area contributed by atoms with Gasteiger partial charge in [-0.2, -0.15) is 0 Å². The standard InChI is InChI=1S/O.W.Y.Zn. The van der Waals surface area contributed by atoms with Gasteiger partial charge in [0.05, 0.1) is 0 Å². The van der Waals surface area contributed by atoms with E-state index in [4.69, 9.17) is 2.04 Å². The van der Waals surface area contributed by atoms with Crippen molar-refractivity contribution in [3.8, 4) is 0 Å². The van der Waals surface area contributed by atoms with Crippen LogP contribution in [0.3, 0.4) is 0 Å². The Balaban J connectivity index is -0.00000000500. The van der Waals surface area contributed by atoms with Crippen molar-refractivity contribution in [2.45, 2.75) is 0 Å². The molecule has 0 aliphatic carbocycles. The van der Waals surface area contributed by atoms with Crippen LogP contribution in [0.1, 0.15) is 0 Å². The molecule has 0 rings (SSSR count). The van der Waals surface area contributed by atoms with E-state index >= 15 is 0 Å². The van der Waals surface area contributed by atoms with Gasteiger partial charge in [-0.15, -0.1) is 0 Å². The molecular formula is OWYZn. The van der Waals surface area contributed by atoms with E-state index in [1.165, 1.54) is 0 Å². The molecule has 0 N–H and O–H groups in total. The van der Waals surface area contributed by atoms with Crippen LogP contribution in [0.15, 0.2) is 0 Å². The summed E-state index contributed by atoms with van der Waals surface area (Å²) in [5.41, 5.74) is 0. The third-order valence-corrected chi connectivity index (χ3v) is 0. The van der Waals surface area contributed by atoms with Crippen LogP contribution in [0.25, 0.3) is 0 Å². The Labute approximate surface area is 72.4 Å². The summed E-state index contributed by atoms with van der Waals surface area (Å²) in [5, 5.41) is 0. The van der Waals surface area contributed by atoms with Gasteiger partial charge in [-0.3, -0.25) is 0 Å². The van der Waals surface area contributed by atoms with Gasteiger partial charge in [0, 0.05) is 40.5 Å². The molecule has 17 valence electrons. The van der Waals surface area contributed by atoms with Gasteiger partial charge in [-0.05, 0) is 0 Å². The Hall–Kier alpha value is 2.22. The molecule has 0 unspecified atom stereocenters. The summed E-state index contributed by atoms with van der Waals surface area (Å²) in [7, 11) is 0. The smallest absolute Gasteiger partial charge is 0 e. The summed E-state index contributed by atoms with van der Waals surface area (Å²) in [6.07, 6.45) is 0. The monoisotopic (exact) mass is 353 g/mol. The van der Waals surface area contributed by atoms with E-state index in [1.54, 1.807) is 0 Å². The molecule has 0 aromatic carbocycles. The minimum Gasteiger partial charge on any atom is 0 e. The molecule has 4 heavy (non-hydrogen) atoms. The fourth-order valence-corrected chi connectivity index (χ4v) is 0. The maximum absolute atomic E-state index is 8.38. The molecule has 0 aliphatic heterocycles.